The normalized spacial score (nSPS) is 11.8. The Kier molecular flexibility index (Phi) is 9.18. The number of carboxylic acid groups (broad SMARTS) is 1. The average Bonchev–Trinajstić information content (AvgIpc) is 2.95. The number of β-amino-alcohol motifs (C(OH)–C–C–N with tert-alkyl or cyclic N) is 1. The summed E-state index contributed by atoms with van der Waals surface area (Å²) in [5.74, 6) is 0.908. The van der Waals surface area contributed by atoms with E-state index in [1.807, 2.05) is 54.6 Å². The molecule has 0 bridgehead atoms. The maximum atomic E-state index is 11.1. The molecular weight excluding hydrogens is 504 g/mol. The number of ether oxygens (including phenoxy) is 2. The highest BCUT2D eigenvalue weighted by atomic mass is 16.5. The average molecular weight is 537 g/mol. The number of nitrogens with one attached hydrogen (secondary N) is 1. The quantitative estimate of drug-likeness (QED) is 0.202. The minimum absolute atomic E-state index is 0.000430. The zero-order valence-corrected chi connectivity index (χ0v) is 22.5. The number of carboxylic acids is 1. The lowest BCUT2D eigenvalue weighted by Crippen LogP contribution is -2.46. The molecule has 4 aromatic rings. The van der Waals surface area contributed by atoms with Crippen LogP contribution in [0.15, 0.2) is 97.1 Å². The van der Waals surface area contributed by atoms with Crippen LogP contribution in [0, 0.1) is 11.3 Å². The Hall–Kier alpha value is -4.64. The van der Waals surface area contributed by atoms with Crippen molar-refractivity contribution in [3.63, 3.8) is 0 Å². The SMILES string of the molecule is CC(C)(Cc1cccc(Oc2ccccc2)c1)NC[C@@H](O)COc1cc(-c2ccc(C(=O)O)cc2)ccc1C#N. The van der Waals surface area contributed by atoms with E-state index in [2.05, 4.69) is 25.2 Å². The monoisotopic (exact) mass is 536 g/mol. The van der Waals surface area contributed by atoms with Gasteiger partial charge in [0.15, 0.2) is 0 Å². The Morgan fingerprint density at radius 1 is 0.925 bits per heavy atom. The molecule has 0 heterocycles. The molecule has 0 amide bonds. The molecule has 4 rings (SSSR count). The first-order valence-electron chi connectivity index (χ1n) is 13.0. The summed E-state index contributed by atoms with van der Waals surface area (Å²) in [5.41, 5.74) is 2.90. The molecule has 0 aliphatic heterocycles. The van der Waals surface area contributed by atoms with E-state index in [1.54, 1.807) is 30.3 Å². The van der Waals surface area contributed by atoms with Crippen LogP contribution in [0.5, 0.6) is 17.2 Å². The van der Waals surface area contributed by atoms with Crippen molar-refractivity contribution in [1.82, 2.24) is 5.32 Å². The van der Waals surface area contributed by atoms with E-state index in [-0.39, 0.29) is 17.7 Å². The Morgan fingerprint density at radius 3 is 2.33 bits per heavy atom. The number of aliphatic hydroxyl groups excluding tert-OH is 1. The number of nitriles is 1. The summed E-state index contributed by atoms with van der Waals surface area (Å²) < 4.78 is 11.8. The third-order valence-electron chi connectivity index (χ3n) is 6.34. The molecule has 0 aliphatic rings. The third-order valence-corrected chi connectivity index (χ3v) is 6.34. The summed E-state index contributed by atoms with van der Waals surface area (Å²) >= 11 is 0. The van der Waals surface area contributed by atoms with Crippen molar-refractivity contribution in [1.29, 1.82) is 5.26 Å². The minimum Gasteiger partial charge on any atom is -0.489 e. The Balaban J connectivity index is 1.32. The van der Waals surface area contributed by atoms with Gasteiger partial charge >= 0.3 is 5.97 Å². The molecule has 204 valence electrons. The fourth-order valence-corrected chi connectivity index (χ4v) is 4.27. The summed E-state index contributed by atoms with van der Waals surface area (Å²) in [6.07, 6.45) is -0.0921. The van der Waals surface area contributed by atoms with Crippen molar-refractivity contribution >= 4 is 5.97 Å². The van der Waals surface area contributed by atoms with Gasteiger partial charge in [0.05, 0.1) is 11.1 Å². The lowest BCUT2D eigenvalue weighted by atomic mass is 9.94. The number of benzene rings is 4. The molecule has 7 nitrogen and oxygen atoms in total. The van der Waals surface area contributed by atoms with Crippen molar-refractivity contribution in [3.05, 3.63) is 114 Å². The summed E-state index contributed by atoms with van der Waals surface area (Å²) in [4.78, 5) is 11.1. The highest BCUT2D eigenvalue weighted by Gasteiger charge is 2.20. The molecule has 0 unspecified atom stereocenters. The molecule has 0 saturated heterocycles. The lowest BCUT2D eigenvalue weighted by Gasteiger charge is -2.28. The Bertz CT molecular complexity index is 1480. The number of hydrogen-bond acceptors (Lipinski definition) is 6. The van der Waals surface area contributed by atoms with Crippen LogP contribution >= 0.6 is 0 Å². The molecule has 0 fully saturated rings. The van der Waals surface area contributed by atoms with E-state index in [0.29, 0.717) is 24.3 Å². The van der Waals surface area contributed by atoms with E-state index in [1.165, 1.54) is 12.1 Å². The van der Waals surface area contributed by atoms with Gasteiger partial charge in [0.2, 0.25) is 0 Å². The molecule has 40 heavy (non-hydrogen) atoms. The largest absolute Gasteiger partial charge is 0.489 e. The maximum Gasteiger partial charge on any atom is 0.335 e. The number of aliphatic hydroxyl groups is 1. The van der Waals surface area contributed by atoms with E-state index >= 15 is 0 Å². The zero-order valence-electron chi connectivity index (χ0n) is 22.5. The van der Waals surface area contributed by atoms with Gasteiger partial charge in [0, 0.05) is 12.1 Å². The van der Waals surface area contributed by atoms with Crippen LogP contribution in [0.1, 0.15) is 35.3 Å². The van der Waals surface area contributed by atoms with E-state index in [0.717, 1.165) is 28.2 Å². The number of rotatable bonds is 12. The van der Waals surface area contributed by atoms with E-state index < -0.39 is 12.1 Å². The summed E-state index contributed by atoms with van der Waals surface area (Å²) in [6.45, 7) is 4.43. The lowest BCUT2D eigenvalue weighted by molar-refractivity contribution is 0.0697. The third kappa shape index (κ3) is 7.93. The second-order valence-corrected chi connectivity index (χ2v) is 10.2. The molecule has 0 aliphatic carbocycles. The molecular formula is C33H32N2O5. The predicted octanol–water partition coefficient (Wildman–Crippen LogP) is 6.07. The molecule has 1 atom stereocenters. The van der Waals surface area contributed by atoms with Crippen LogP contribution in [-0.2, 0) is 6.42 Å². The maximum absolute atomic E-state index is 11.1. The molecule has 4 aromatic carbocycles. The zero-order chi connectivity index (χ0) is 28.5. The highest BCUT2D eigenvalue weighted by Crippen LogP contribution is 2.28. The summed E-state index contributed by atoms with van der Waals surface area (Å²) in [7, 11) is 0. The molecule has 0 aromatic heterocycles. The van der Waals surface area contributed by atoms with E-state index in [4.69, 9.17) is 14.6 Å². The van der Waals surface area contributed by atoms with Crippen molar-refractivity contribution < 1.29 is 24.5 Å². The van der Waals surface area contributed by atoms with Crippen molar-refractivity contribution in [2.75, 3.05) is 13.2 Å². The standard InChI is InChI=1S/C33H32N2O5/c1-33(2,19-23-7-6-10-30(17-23)40-29-8-4-3-5-9-29)35-21-28(36)22-39-31-18-26(15-16-27(31)20-34)24-11-13-25(14-12-24)32(37)38/h3-18,28,35-36H,19,21-22H2,1-2H3,(H,37,38)/t28-/m1/s1. The molecule has 3 N–H and O–H groups in total. The van der Waals surface area contributed by atoms with Gasteiger partial charge in [-0.05, 0) is 85.5 Å². The Labute approximate surface area is 234 Å². The second kappa shape index (κ2) is 12.9. The van der Waals surface area contributed by atoms with Gasteiger partial charge in [-0.1, -0.05) is 48.5 Å². The van der Waals surface area contributed by atoms with Gasteiger partial charge in [-0.25, -0.2) is 4.79 Å². The van der Waals surface area contributed by atoms with Crippen LogP contribution in [0.2, 0.25) is 0 Å². The fourth-order valence-electron chi connectivity index (χ4n) is 4.27. The van der Waals surface area contributed by atoms with Crippen LogP contribution < -0.4 is 14.8 Å². The molecule has 0 spiro atoms. The van der Waals surface area contributed by atoms with Crippen molar-refractivity contribution in [2.24, 2.45) is 0 Å². The van der Waals surface area contributed by atoms with Crippen molar-refractivity contribution in [3.8, 4) is 34.4 Å². The molecule has 7 heteroatoms. The van der Waals surface area contributed by atoms with Crippen LogP contribution in [0.25, 0.3) is 11.1 Å². The van der Waals surface area contributed by atoms with Crippen LogP contribution in [0.4, 0.5) is 0 Å². The highest BCUT2D eigenvalue weighted by molar-refractivity contribution is 5.88. The van der Waals surface area contributed by atoms with Gasteiger partial charge in [0.25, 0.3) is 0 Å². The minimum atomic E-state index is -0.994. The first-order chi connectivity index (χ1) is 19.2. The Morgan fingerprint density at radius 2 is 1.62 bits per heavy atom. The summed E-state index contributed by atoms with van der Waals surface area (Å²) in [5, 5.41) is 32.7. The number of aromatic carboxylic acids is 1. The van der Waals surface area contributed by atoms with Gasteiger partial charge < -0.3 is 25.0 Å². The smallest absolute Gasteiger partial charge is 0.335 e. The molecule has 0 radical (unpaired) electrons. The topological polar surface area (TPSA) is 112 Å². The number of nitrogens with zero attached hydrogens (tertiary/aromatic N) is 1. The number of carbonyl (C=O) groups is 1. The van der Waals surface area contributed by atoms with Gasteiger partial charge in [-0.2, -0.15) is 5.26 Å². The van der Waals surface area contributed by atoms with Crippen LogP contribution in [0.3, 0.4) is 0 Å². The first kappa shape index (κ1) is 28.4. The fraction of sp³-hybridized carbons (Fsp3) is 0.212. The van der Waals surface area contributed by atoms with Gasteiger partial charge in [0.1, 0.15) is 36.0 Å². The summed E-state index contributed by atoms with van der Waals surface area (Å²) in [6, 6.07) is 31.3. The number of para-hydroxylation sites is 1. The first-order valence-corrected chi connectivity index (χ1v) is 13.0. The second-order valence-electron chi connectivity index (χ2n) is 10.2. The number of hydrogen-bond donors (Lipinski definition) is 3. The van der Waals surface area contributed by atoms with Gasteiger partial charge in [-0.15, -0.1) is 0 Å². The predicted molar refractivity (Wildman–Crippen MR) is 154 cm³/mol. The van der Waals surface area contributed by atoms with Gasteiger partial charge in [-0.3, -0.25) is 0 Å². The van der Waals surface area contributed by atoms with E-state index in [9.17, 15) is 15.2 Å². The molecule has 0 saturated carbocycles. The van der Waals surface area contributed by atoms with Crippen LogP contribution in [-0.4, -0.2) is 41.0 Å². The van der Waals surface area contributed by atoms with Crippen molar-refractivity contribution in [2.45, 2.75) is 31.9 Å².